The number of hydrogen-bond donors (Lipinski definition) is 1. The molecule has 0 atom stereocenters. The Morgan fingerprint density at radius 1 is 1.08 bits per heavy atom. The van der Waals surface area contributed by atoms with Crippen LogP contribution >= 0.6 is 0 Å². The summed E-state index contributed by atoms with van der Waals surface area (Å²) >= 11 is 0. The topological polar surface area (TPSA) is 86.4 Å². The Hall–Kier alpha value is -2.70. The molecular formula is C19H24N4O3. The van der Waals surface area contributed by atoms with Crippen molar-refractivity contribution >= 4 is 22.7 Å². The summed E-state index contributed by atoms with van der Waals surface area (Å²) in [7, 11) is 0. The third-order valence-corrected chi connectivity index (χ3v) is 4.75. The molecule has 0 radical (unpaired) electrons. The van der Waals surface area contributed by atoms with Gasteiger partial charge < -0.3 is 14.8 Å². The van der Waals surface area contributed by atoms with Crippen LogP contribution in [0.4, 0.5) is 0 Å². The number of aromatic amines is 1. The number of benzene rings is 1. The van der Waals surface area contributed by atoms with Gasteiger partial charge in [-0.2, -0.15) is 0 Å². The maximum atomic E-state index is 12.3. The van der Waals surface area contributed by atoms with Crippen LogP contribution in [0, 0.1) is 0 Å². The van der Waals surface area contributed by atoms with E-state index in [2.05, 4.69) is 9.97 Å². The Balaban J connectivity index is 1.50. The number of H-pyrrole nitrogens is 1. The molecule has 0 aliphatic carbocycles. The number of amides is 2. The Morgan fingerprint density at radius 2 is 1.73 bits per heavy atom. The van der Waals surface area contributed by atoms with Gasteiger partial charge in [-0.15, -0.1) is 0 Å². The number of piperazine rings is 1. The van der Waals surface area contributed by atoms with Crippen LogP contribution in [0.3, 0.4) is 0 Å². The lowest BCUT2D eigenvalue weighted by Gasteiger charge is -2.34. The first-order chi connectivity index (χ1) is 12.6. The third kappa shape index (κ3) is 4.09. The Bertz CT molecular complexity index is 853. The number of nitrogens with one attached hydrogen (secondary N) is 1. The number of para-hydroxylation sites is 1. The predicted octanol–water partition coefficient (Wildman–Crippen LogP) is 1.33. The first-order valence-electron chi connectivity index (χ1n) is 9.12. The molecule has 26 heavy (non-hydrogen) atoms. The van der Waals surface area contributed by atoms with E-state index in [4.69, 9.17) is 0 Å². The molecule has 1 aromatic carbocycles. The summed E-state index contributed by atoms with van der Waals surface area (Å²) < 4.78 is 0. The number of nitrogens with zero attached hydrogens (tertiary/aromatic N) is 3. The molecule has 1 aliphatic heterocycles. The largest absolute Gasteiger partial charge is 0.339 e. The number of rotatable bonds is 5. The highest BCUT2D eigenvalue weighted by Crippen LogP contribution is 2.10. The van der Waals surface area contributed by atoms with Gasteiger partial charge in [0.2, 0.25) is 11.8 Å². The lowest BCUT2D eigenvalue weighted by molar-refractivity contribution is -0.139. The average Bonchev–Trinajstić information content (AvgIpc) is 2.67. The van der Waals surface area contributed by atoms with Gasteiger partial charge in [-0.1, -0.05) is 19.1 Å². The molecule has 1 aliphatic rings. The van der Waals surface area contributed by atoms with Crippen LogP contribution in [0.2, 0.25) is 0 Å². The first-order valence-corrected chi connectivity index (χ1v) is 9.12. The fourth-order valence-electron chi connectivity index (χ4n) is 3.25. The molecule has 1 aromatic heterocycles. The van der Waals surface area contributed by atoms with Gasteiger partial charge in [0.05, 0.1) is 10.9 Å². The van der Waals surface area contributed by atoms with Crippen LogP contribution in [0.1, 0.15) is 32.0 Å². The van der Waals surface area contributed by atoms with Crippen LogP contribution in [0.25, 0.3) is 10.9 Å². The van der Waals surface area contributed by atoms with Gasteiger partial charge in [0, 0.05) is 45.4 Å². The molecule has 2 heterocycles. The minimum absolute atomic E-state index is 0.0942. The highest BCUT2D eigenvalue weighted by molar-refractivity contribution is 5.78. The molecule has 0 saturated carbocycles. The molecular weight excluding hydrogens is 332 g/mol. The zero-order valence-corrected chi connectivity index (χ0v) is 15.0. The summed E-state index contributed by atoms with van der Waals surface area (Å²) in [6.45, 7) is 4.26. The van der Waals surface area contributed by atoms with Crippen LogP contribution < -0.4 is 5.56 Å². The second kappa shape index (κ2) is 8.12. The summed E-state index contributed by atoms with van der Waals surface area (Å²) in [4.78, 5) is 47.0. The summed E-state index contributed by atoms with van der Waals surface area (Å²) in [6.07, 6.45) is 2.11. The van der Waals surface area contributed by atoms with Crippen LogP contribution in [-0.2, 0) is 16.0 Å². The van der Waals surface area contributed by atoms with E-state index in [9.17, 15) is 14.4 Å². The zero-order chi connectivity index (χ0) is 18.5. The molecule has 7 nitrogen and oxygen atoms in total. The normalized spacial score (nSPS) is 14.7. The van der Waals surface area contributed by atoms with Gasteiger partial charge >= 0.3 is 0 Å². The van der Waals surface area contributed by atoms with E-state index < -0.39 is 0 Å². The number of carbonyl (C=O) groups is 2. The zero-order valence-electron chi connectivity index (χ0n) is 15.0. The molecule has 1 saturated heterocycles. The van der Waals surface area contributed by atoms with Gasteiger partial charge in [-0.05, 0) is 18.6 Å². The van der Waals surface area contributed by atoms with Gasteiger partial charge in [0.15, 0.2) is 0 Å². The van der Waals surface area contributed by atoms with Crippen LogP contribution in [0.5, 0.6) is 0 Å². The number of aromatic nitrogens is 2. The van der Waals surface area contributed by atoms with E-state index in [1.54, 1.807) is 6.07 Å². The van der Waals surface area contributed by atoms with Crippen molar-refractivity contribution in [3.63, 3.8) is 0 Å². The van der Waals surface area contributed by atoms with Crippen molar-refractivity contribution < 1.29 is 9.59 Å². The summed E-state index contributed by atoms with van der Waals surface area (Å²) in [5.74, 6) is 0.847. The van der Waals surface area contributed by atoms with E-state index in [0.717, 1.165) is 0 Å². The summed E-state index contributed by atoms with van der Waals surface area (Å²) in [6, 6.07) is 7.23. The minimum atomic E-state index is -0.145. The Kier molecular flexibility index (Phi) is 5.65. The standard InChI is InChI=1S/C19H24N4O3/c1-2-17(24)22-10-12-23(13-11-22)18(25)9-5-8-16-20-15-7-4-3-6-14(15)19(26)21-16/h3-4,6-7H,2,5,8-13H2,1H3,(H,20,21,26). The minimum Gasteiger partial charge on any atom is -0.339 e. The number of carbonyl (C=O) groups excluding carboxylic acids is 2. The van der Waals surface area contributed by atoms with Crippen molar-refractivity contribution in [1.82, 2.24) is 19.8 Å². The molecule has 3 rings (SSSR count). The highest BCUT2D eigenvalue weighted by atomic mass is 16.2. The van der Waals surface area contributed by atoms with Crippen LogP contribution in [-0.4, -0.2) is 57.8 Å². The van der Waals surface area contributed by atoms with Crippen molar-refractivity contribution in [2.75, 3.05) is 26.2 Å². The monoisotopic (exact) mass is 356 g/mol. The second-order valence-electron chi connectivity index (χ2n) is 6.50. The average molecular weight is 356 g/mol. The molecule has 138 valence electrons. The fraction of sp³-hybridized carbons (Fsp3) is 0.474. The lowest BCUT2D eigenvalue weighted by atomic mass is 10.2. The van der Waals surface area contributed by atoms with Crippen molar-refractivity contribution in [1.29, 1.82) is 0 Å². The van der Waals surface area contributed by atoms with E-state index in [-0.39, 0.29) is 17.4 Å². The smallest absolute Gasteiger partial charge is 0.258 e. The van der Waals surface area contributed by atoms with Gasteiger partial charge in [-0.3, -0.25) is 14.4 Å². The Morgan fingerprint density at radius 3 is 2.42 bits per heavy atom. The van der Waals surface area contributed by atoms with E-state index in [1.165, 1.54) is 0 Å². The maximum Gasteiger partial charge on any atom is 0.258 e. The van der Waals surface area contributed by atoms with E-state index in [1.807, 2.05) is 34.9 Å². The van der Waals surface area contributed by atoms with Crippen molar-refractivity contribution in [3.8, 4) is 0 Å². The number of aryl methyl sites for hydroxylation is 1. The third-order valence-electron chi connectivity index (χ3n) is 4.75. The lowest BCUT2D eigenvalue weighted by Crippen LogP contribution is -2.50. The van der Waals surface area contributed by atoms with Crippen molar-refractivity contribution in [2.45, 2.75) is 32.6 Å². The molecule has 0 spiro atoms. The Labute approximate surface area is 152 Å². The molecule has 0 bridgehead atoms. The molecule has 7 heteroatoms. The second-order valence-corrected chi connectivity index (χ2v) is 6.50. The quantitative estimate of drug-likeness (QED) is 0.876. The summed E-state index contributed by atoms with van der Waals surface area (Å²) in [5, 5.41) is 0.576. The predicted molar refractivity (Wildman–Crippen MR) is 98.8 cm³/mol. The first kappa shape index (κ1) is 18.1. The summed E-state index contributed by atoms with van der Waals surface area (Å²) in [5.41, 5.74) is 0.530. The van der Waals surface area contributed by atoms with Gasteiger partial charge in [-0.25, -0.2) is 4.98 Å². The van der Waals surface area contributed by atoms with Gasteiger partial charge in [0.1, 0.15) is 5.82 Å². The van der Waals surface area contributed by atoms with Gasteiger partial charge in [0.25, 0.3) is 5.56 Å². The molecule has 1 N–H and O–H groups in total. The van der Waals surface area contributed by atoms with Crippen molar-refractivity contribution in [3.05, 3.63) is 40.4 Å². The highest BCUT2D eigenvalue weighted by Gasteiger charge is 2.22. The van der Waals surface area contributed by atoms with E-state index in [0.29, 0.717) is 68.6 Å². The molecule has 1 fully saturated rings. The van der Waals surface area contributed by atoms with E-state index >= 15 is 0 Å². The number of fused-ring (bicyclic) bond motifs is 1. The SMILES string of the molecule is CCC(=O)N1CCN(C(=O)CCCc2nc3ccccc3c(=O)[nH]2)CC1. The molecule has 0 unspecified atom stereocenters. The van der Waals surface area contributed by atoms with Crippen LogP contribution in [0.15, 0.2) is 29.1 Å². The van der Waals surface area contributed by atoms with Crippen molar-refractivity contribution in [2.24, 2.45) is 0 Å². The fourth-order valence-corrected chi connectivity index (χ4v) is 3.25. The molecule has 2 aromatic rings. The maximum absolute atomic E-state index is 12.3. The molecule has 2 amide bonds. The number of hydrogen-bond acceptors (Lipinski definition) is 4.